The molecule has 1 heterocycles. The third-order valence-electron chi connectivity index (χ3n) is 3.50. The molecule has 0 saturated carbocycles. The summed E-state index contributed by atoms with van der Waals surface area (Å²) in [6.07, 6.45) is -0.192. The van der Waals surface area contributed by atoms with Crippen LogP contribution in [0, 0.1) is 5.92 Å². The quantitative estimate of drug-likeness (QED) is 0.601. The summed E-state index contributed by atoms with van der Waals surface area (Å²) in [4.78, 5) is 36.8. The Labute approximate surface area is 122 Å². The van der Waals surface area contributed by atoms with Gasteiger partial charge in [0.05, 0.1) is 19.9 Å². The molecule has 1 aromatic carbocycles. The lowest BCUT2D eigenvalue weighted by Crippen LogP contribution is -2.26. The largest absolute Gasteiger partial charge is 0.495 e. The topological polar surface area (TPSA) is 72.9 Å². The van der Waals surface area contributed by atoms with E-state index in [9.17, 15) is 14.4 Å². The van der Waals surface area contributed by atoms with Gasteiger partial charge >= 0.3 is 5.97 Å². The van der Waals surface area contributed by atoms with Gasteiger partial charge in [0.1, 0.15) is 18.0 Å². The summed E-state index contributed by atoms with van der Waals surface area (Å²) >= 11 is 0. The van der Waals surface area contributed by atoms with E-state index in [1.54, 1.807) is 18.2 Å². The van der Waals surface area contributed by atoms with Gasteiger partial charge in [-0.05, 0) is 12.1 Å². The van der Waals surface area contributed by atoms with Crippen molar-refractivity contribution >= 4 is 23.3 Å². The number of nitrogens with zero attached hydrogens (tertiary/aromatic N) is 1. The standard InChI is InChI=1S/C15H17NO5/c1-20-13-6-4-3-5-11(13)16-9-10(7-14(16)18)12(17)8-15(19)21-2/h3-6,10H,7-9H2,1-2H3/t10-/m0/s1. The van der Waals surface area contributed by atoms with Gasteiger partial charge < -0.3 is 14.4 Å². The highest BCUT2D eigenvalue weighted by molar-refractivity contribution is 6.05. The Morgan fingerprint density at radius 2 is 2.00 bits per heavy atom. The summed E-state index contributed by atoms with van der Waals surface area (Å²) in [5.74, 6) is -0.910. The molecular weight excluding hydrogens is 274 g/mol. The van der Waals surface area contributed by atoms with E-state index in [-0.39, 0.29) is 31.1 Å². The van der Waals surface area contributed by atoms with Gasteiger partial charge in [-0.15, -0.1) is 0 Å². The first kappa shape index (κ1) is 15.0. The number of hydrogen-bond donors (Lipinski definition) is 0. The summed E-state index contributed by atoms with van der Waals surface area (Å²) < 4.78 is 9.71. The smallest absolute Gasteiger partial charge is 0.313 e. The van der Waals surface area contributed by atoms with Crippen LogP contribution in [0.3, 0.4) is 0 Å². The molecule has 0 spiro atoms. The number of methoxy groups -OCH3 is 2. The van der Waals surface area contributed by atoms with Gasteiger partial charge in [-0.3, -0.25) is 14.4 Å². The van der Waals surface area contributed by atoms with Crippen molar-refractivity contribution in [1.29, 1.82) is 0 Å². The van der Waals surface area contributed by atoms with Crippen molar-refractivity contribution in [1.82, 2.24) is 0 Å². The van der Waals surface area contributed by atoms with Gasteiger partial charge in [-0.1, -0.05) is 12.1 Å². The lowest BCUT2D eigenvalue weighted by molar-refractivity contribution is -0.144. The van der Waals surface area contributed by atoms with Crippen molar-refractivity contribution in [2.24, 2.45) is 5.92 Å². The zero-order chi connectivity index (χ0) is 15.4. The van der Waals surface area contributed by atoms with Gasteiger partial charge in [0.25, 0.3) is 0 Å². The second-order valence-electron chi connectivity index (χ2n) is 4.80. The van der Waals surface area contributed by atoms with Crippen LogP contribution in [0.5, 0.6) is 5.75 Å². The van der Waals surface area contributed by atoms with Crippen LogP contribution in [-0.2, 0) is 19.1 Å². The molecule has 0 radical (unpaired) electrons. The molecule has 1 saturated heterocycles. The van der Waals surface area contributed by atoms with Crippen LogP contribution in [0.4, 0.5) is 5.69 Å². The van der Waals surface area contributed by atoms with Crippen LogP contribution in [0.25, 0.3) is 0 Å². The highest BCUT2D eigenvalue weighted by Gasteiger charge is 2.36. The van der Waals surface area contributed by atoms with Crippen LogP contribution in [0.1, 0.15) is 12.8 Å². The summed E-state index contributed by atoms with van der Waals surface area (Å²) in [5.41, 5.74) is 0.637. The SMILES string of the molecule is COC(=O)CC(=O)[C@H]1CC(=O)N(c2ccccc2OC)C1. The van der Waals surface area contributed by atoms with Gasteiger partial charge in [0, 0.05) is 18.9 Å². The molecule has 112 valence electrons. The summed E-state index contributed by atoms with van der Waals surface area (Å²) in [6.45, 7) is 0.259. The molecule has 0 aromatic heterocycles. The highest BCUT2D eigenvalue weighted by Crippen LogP contribution is 2.33. The maximum Gasteiger partial charge on any atom is 0.313 e. The third-order valence-corrected chi connectivity index (χ3v) is 3.50. The molecule has 1 aliphatic rings. The molecule has 1 atom stereocenters. The minimum absolute atomic E-state index is 0.105. The minimum atomic E-state index is -0.580. The highest BCUT2D eigenvalue weighted by atomic mass is 16.5. The van der Waals surface area contributed by atoms with Gasteiger partial charge in [0.15, 0.2) is 0 Å². The molecule has 1 fully saturated rings. The van der Waals surface area contributed by atoms with Crippen molar-refractivity contribution < 1.29 is 23.9 Å². The normalized spacial score (nSPS) is 17.7. The molecule has 21 heavy (non-hydrogen) atoms. The number of carbonyl (C=O) groups is 3. The molecule has 1 aliphatic heterocycles. The second-order valence-corrected chi connectivity index (χ2v) is 4.80. The molecule has 0 N–H and O–H groups in total. The van der Waals surface area contributed by atoms with Crippen molar-refractivity contribution in [2.45, 2.75) is 12.8 Å². The van der Waals surface area contributed by atoms with Crippen LogP contribution in [0.2, 0.25) is 0 Å². The Hall–Kier alpha value is -2.37. The van der Waals surface area contributed by atoms with E-state index in [1.807, 2.05) is 6.07 Å². The first-order chi connectivity index (χ1) is 10.1. The number of esters is 1. The van der Waals surface area contributed by atoms with Gasteiger partial charge in [-0.2, -0.15) is 0 Å². The van der Waals surface area contributed by atoms with E-state index in [4.69, 9.17) is 4.74 Å². The Morgan fingerprint density at radius 3 is 2.67 bits per heavy atom. The monoisotopic (exact) mass is 291 g/mol. The van der Waals surface area contributed by atoms with Crippen molar-refractivity contribution in [3.05, 3.63) is 24.3 Å². The fourth-order valence-corrected chi connectivity index (χ4v) is 2.37. The van der Waals surface area contributed by atoms with E-state index >= 15 is 0 Å². The number of benzene rings is 1. The maximum absolute atomic E-state index is 12.1. The average molecular weight is 291 g/mol. The molecule has 0 bridgehead atoms. The van der Waals surface area contributed by atoms with Crippen LogP contribution >= 0.6 is 0 Å². The molecule has 1 amide bonds. The summed E-state index contributed by atoms with van der Waals surface area (Å²) in [5, 5.41) is 0. The first-order valence-corrected chi connectivity index (χ1v) is 6.59. The predicted octanol–water partition coefficient (Wildman–Crippen LogP) is 1.18. The zero-order valence-corrected chi connectivity index (χ0v) is 12.0. The number of ether oxygens (including phenoxy) is 2. The molecule has 6 nitrogen and oxygen atoms in total. The number of para-hydroxylation sites is 2. The number of rotatable bonds is 5. The third kappa shape index (κ3) is 3.21. The lowest BCUT2D eigenvalue weighted by atomic mass is 10.0. The first-order valence-electron chi connectivity index (χ1n) is 6.59. The van der Waals surface area contributed by atoms with Crippen molar-refractivity contribution in [3.63, 3.8) is 0 Å². The lowest BCUT2D eigenvalue weighted by Gasteiger charge is -2.19. The second kappa shape index (κ2) is 6.39. The van der Waals surface area contributed by atoms with E-state index < -0.39 is 11.9 Å². The van der Waals surface area contributed by atoms with E-state index in [0.717, 1.165) is 0 Å². The Kier molecular flexibility index (Phi) is 4.57. The Balaban J connectivity index is 2.13. The molecule has 0 aliphatic carbocycles. The van der Waals surface area contributed by atoms with E-state index in [0.29, 0.717) is 11.4 Å². The fraction of sp³-hybridized carbons (Fsp3) is 0.400. The van der Waals surface area contributed by atoms with E-state index in [1.165, 1.54) is 19.1 Å². The number of anilines is 1. The van der Waals surface area contributed by atoms with E-state index in [2.05, 4.69) is 4.74 Å². The van der Waals surface area contributed by atoms with Crippen LogP contribution in [0.15, 0.2) is 24.3 Å². The molecule has 0 unspecified atom stereocenters. The average Bonchev–Trinajstić information content (AvgIpc) is 2.89. The number of amides is 1. The number of Topliss-reactive ketones (excluding diaryl/α,β-unsaturated/α-hetero) is 1. The predicted molar refractivity (Wildman–Crippen MR) is 75.1 cm³/mol. The van der Waals surface area contributed by atoms with Crippen molar-refractivity contribution in [2.75, 3.05) is 25.7 Å². The zero-order valence-electron chi connectivity index (χ0n) is 12.0. The van der Waals surface area contributed by atoms with Gasteiger partial charge in [-0.25, -0.2) is 0 Å². The summed E-state index contributed by atoms with van der Waals surface area (Å²) in [6, 6.07) is 7.13. The number of ketones is 1. The maximum atomic E-state index is 12.1. The van der Waals surface area contributed by atoms with Crippen LogP contribution < -0.4 is 9.64 Å². The van der Waals surface area contributed by atoms with Crippen LogP contribution in [-0.4, -0.2) is 38.4 Å². The minimum Gasteiger partial charge on any atom is -0.495 e. The molecule has 2 rings (SSSR count). The molecule has 6 heteroatoms. The number of hydrogen-bond acceptors (Lipinski definition) is 5. The molecular formula is C15H17NO5. The summed E-state index contributed by atoms with van der Waals surface area (Å²) in [7, 11) is 2.76. The Bertz CT molecular complexity index is 569. The molecule has 1 aromatic rings. The fourth-order valence-electron chi connectivity index (χ4n) is 2.37. The van der Waals surface area contributed by atoms with Gasteiger partial charge in [0.2, 0.25) is 5.91 Å². The Morgan fingerprint density at radius 1 is 1.29 bits per heavy atom. The van der Waals surface area contributed by atoms with Crippen molar-refractivity contribution in [3.8, 4) is 5.75 Å². The number of carbonyl (C=O) groups excluding carboxylic acids is 3.